The summed E-state index contributed by atoms with van der Waals surface area (Å²) in [5, 5.41) is 3.30. The number of piperazine rings is 1. The van der Waals surface area contributed by atoms with Crippen molar-refractivity contribution in [2.75, 3.05) is 51.2 Å². The van der Waals surface area contributed by atoms with Gasteiger partial charge in [-0.1, -0.05) is 26.0 Å². The van der Waals surface area contributed by atoms with E-state index in [4.69, 9.17) is 0 Å². The topological polar surface area (TPSA) is 18.5 Å². The Kier molecular flexibility index (Phi) is 5.59. The fraction of sp³-hybridized carbons (Fsp3) is 0.647. The molecule has 4 heteroatoms. The minimum atomic E-state index is -0.112. The minimum absolute atomic E-state index is 0.112. The van der Waals surface area contributed by atoms with Crippen LogP contribution in [0.4, 0.5) is 10.1 Å². The van der Waals surface area contributed by atoms with E-state index < -0.39 is 0 Å². The van der Waals surface area contributed by atoms with Crippen LogP contribution in [0.15, 0.2) is 24.3 Å². The summed E-state index contributed by atoms with van der Waals surface area (Å²) in [4.78, 5) is 4.67. The number of nitrogens with one attached hydrogen (secondary N) is 1. The minimum Gasteiger partial charge on any atom is -0.367 e. The largest absolute Gasteiger partial charge is 0.367 e. The Bertz CT molecular complexity index is 443. The maximum absolute atomic E-state index is 13.8. The zero-order valence-electron chi connectivity index (χ0n) is 13.5. The van der Waals surface area contributed by atoms with Gasteiger partial charge in [0, 0.05) is 39.3 Å². The molecule has 21 heavy (non-hydrogen) atoms. The third-order valence-electron chi connectivity index (χ3n) is 4.63. The highest BCUT2D eigenvalue weighted by Crippen LogP contribution is 2.24. The van der Waals surface area contributed by atoms with E-state index in [-0.39, 0.29) is 5.82 Å². The Labute approximate surface area is 128 Å². The normalized spacial score (nSPS) is 19.5. The molecule has 1 aliphatic heterocycles. The molecule has 1 heterocycles. The number of hydrogen-bond acceptors (Lipinski definition) is 3. The molecule has 1 aromatic rings. The van der Waals surface area contributed by atoms with Gasteiger partial charge >= 0.3 is 0 Å². The summed E-state index contributed by atoms with van der Waals surface area (Å²) in [5.74, 6) is -0.112. The van der Waals surface area contributed by atoms with E-state index in [1.165, 1.54) is 6.42 Å². The summed E-state index contributed by atoms with van der Waals surface area (Å²) in [5.41, 5.74) is 1.06. The molecule has 0 saturated carbocycles. The van der Waals surface area contributed by atoms with Gasteiger partial charge in [0.25, 0.3) is 0 Å². The first kappa shape index (κ1) is 16.2. The van der Waals surface area contributed by atoms with E-state index >= 15 is 0 Å². The number of hydrogen-bond donors (Lipinski definition) is 1. The van der Waals surface area contributed by atoms with Crippen molar-refractivity contribution in [1.82, 2.24) is 10.2 Å². The van der Waals surface area contributed by atoms with Crippen LogP contribution in [0.5, 0.6) is 0 Å². The van der Waals surface area contributed by atoms with Crippen LogP contribution in [-0.4, -0.2) is 51.2 Å². The molecule has 0 spiro atoms. The van der Waals surface area contributed by atoms with Crippen molar-refractivity contribution in [2.45, 2.75) is 20.3 Å². The Morgan fingerprint density at radius 2 is 1.86 bits per heavy atom. The fourth-order valence-corrected chi connectivity index (χ4v) is 3.11. The van der Waals surface area contributed by atoms with E-state index in [0.717, 1.165) is 45.0 Å². The van der Waals surface area contributed by atoms with Crippen LogP contribution in [0.25, 0.3) is 0 Å². The van der Waals surface area contributed by atoms with Crippen LogP contribution < -0.4 is 10.2 Å². The highest BCUT2D eigenvalue weighted by atomic mass is 19.1. The lowest BCUT2D eigenvalue weighted by molar-refractivity contribution is 0.150. The summed E-state index contributed by atoms with van der Waals surface area (Å²) in [6, 6.07) is 7.08. The molecule has 2 rings (SSSR count). The molecule has 118 valence electrons. The Morgan fingerprint density at radius 3 is 2.43 bits per heavy atom. The third kappa shape index (κ3) is 4.17. The van der Waals surface area contributed by atoms with Gasteiger partial charge < -0.3 is 10.2 Å². The molecular formula is C17H28FN3. The second-order valence-electron chi connectivity index (χ2n) is 6.41. The predicted octanol–water partition coefficient (Wildman–Crippen LogP) is 2.58. The Balaban J connectivity index is 1.90. The number of nitrogens with zero attached hydrogens (tertiary/aromatic N) is 2. The molecule has 1 N–H and O–H groups in total. The van der Waals surface area contributed by atoms with Gasteiger partial charge in [0.05, 0.1) is 5.69 Å². The Hall–Kier alpha value is -1.13. The summed E-state index contributed by atoms with van der Waals surface area (Å²) in [6.07, 6.45) is 1.17. The van der Waals surface area contributed by atoms with Gasteiger partial charge in [0.1, 0.15) is 5.82 Å². The molecule has 1 aliphatic rings. The second-order valence-corrected chi connectivity index (χ2v) is 6.41. The summed E-state index contributed by atoms with van der Waals surface area (Å²) in [7, 11) is 2.02. The molecule has 1 unspecified atom stereocenters. The molecular weight excluding hydrogens is 265 g/mol. The van der Waals surface area contributed by atoms with Crippen LogP contribution >= 0.6 is 0 Å². The van der Waals surface area contributed by atoms with E-state index in [2.05, 4.69) is 29.0 Å². The molecule has 0 amide bonds. The first-order valence-corrected chi connectivity index (χ1v) is 7.94. The summed E-state index contributed by atoms with van der Waals surface area (Å²) >= 11 is 0. The van der Waals surface area contributed by atoms with Crippen molar-refractivity contribution in [3.05, 3.63) is 30.1 Å². The quantitative estimate of drug-likeness (QED) is 0.870. The Morgan fingerprint density at radius 1 is 1.19 bits per heavy atom. The lowest BCUT2D eigenvalue weighted by Gasteiger charge is -2.40. The van der Waals surface area contributed by atoms with Crippen molar-refractivity contribution in [2.24, 2.45) is 5.41 Å². The van der Waals surface area contributed by atoms with E-state index in [1.54, 1.807) is 12.1 Å². The number of anilines is 1. The average molecular weight is 293 g/mol. The molecule has 0 radical (unpaired) electrons. The lowest BCUT2D eigenvalue weighted by atomic mass is 9.86. The smallest absolute Gasteiger partial charge is 0.146 e. The SMILES string of the molecule is CCC(C)(CNC)CN1CCN(c2ccccc2F)CC1. The van der Waals surface area contributed by atoms with Gasteiger partial charge in [-0.2, -0.15) is 0 Å². The molecule has 1 atom stereocenters. The predicted molar refractivity (Wildman–Crippen MR) is 87.4 cm³/mol. The number of rotatable bonds is 6. The maximum atomic E-state index is 13.8. The van der Waals surface area contributed by atoms with Crippen LogP contribution in [0.3, 0.4) is 0 Å². The van der Waals surface area contributed by atoms with Crippen molar-refractivity contribution < 1.29 is 4.39 Å². The molecule has 0 bridgehead atoms. The van der Waals surface area contributed by atoms with Crippen molar-refractivity contribution in [3.8, 4) is 0 Å². The highest BCUT2D eigenvalue weighted by Gasteiger charge is 2.27. The van der Waals surface area contributed by atoms with Gasteiger partial charge in [0.15, 0.2) is 0 Å². The lowest BCUT2D eigenvalue weighted by Crippen LogP contribution is -2.51. The van der Waals surface area contributed by atoms with E-state index in [9.17, 15) is 4.39 Å². The van der Waals surface area contributed by atoms with Gasteiger partial charge in [0.2, 0.25) is 0 Å². The van der Waals surface area contributed by atoms with E-state index in [1.807, 2.05) is 19.2 Å². The average Bonchev–Trinajstić information content (AvgIpc) is 2.49. The number of halogens is 1. The fourth-order valence-electron chi connectivity index (χ4n) is 3.11. The molecule has 0 aliphatic carbocycles. The monoisotopic (exact) mass is 293 g/mol. The molecule has 1 saturated heterocycles. The standard InChI is InChI=1S/C17H28FN3/c1-4-17(2,13-19-3)14-20-9-11-21(12-10-20)16-8-6-5-7-15(16)18/h5-8,19H,4,9-14H2,1-3H3. The first-order valence-electron chi connectivity index (χ1n) is 7.94. The van der Waals surface area contributed by atoms with Gasteiger partial charge in [-0.3, -0.25) is 4.90 Å². The van der Waals surface area contributed by atoms with Crippen molar-refractivity contribution >= 4 is 5.69 Å². The first-order chi connectivity index (χ1) is 10.1. The summed E-state index contributed by atoms with van der Waals surface area (Å²) in [6.45, 7) is 10.6. The van der Waals surface area contributed by atoms with Crippen LogP contribution in [0.2, 0.25) is 0 Å². The highest BCUT2D eigenvalue weighted by molar-refractivity contribution is 5.47. The molecule has 1 aromatic carbocycles. The van der Waals surface area contributed by atoms with Crippen molar-refractivity contribution in [1.29, 1.82) is 0 Å². The zero-order valence-corrected chi connectivity index (χ0v) is 13.5. The maximum Gasteiger partial charge on any atom is 0.146 e. The van der Waals surface area contributed by atoms with Crippen LogP contribution in [0, 0.1) is 11.2 Å². The second kappa shape index (κ2) is 7.23. The van der Waals surface area contributed by atoms with Gasteiger partial charge in [-0.05, 0) is 31.0 Å². The van der Waals surface area contributed by atoms with Crippen LogP contribution in [0.1, 0.15) is 20.3 Å². The van der Waals surface area contributed by atoms with Crippen LogP contribution in [-0.2, 0) is 0 Å². The number of benzene rings is 1. The summed E-state index contributed by atoms with van der Waals surface area (Å²) < 4.78 is 13.8. The molecule has 1 fully saturated rings. The molecule has 3 nitrogen and oxygen atoms in total. The zero-order chi connectivity index (χ0) is 15.3. The van der Waals surface area contributed by atoms with E-state index in [0.29, 0.717) is 5.41 Å². The van der Waals surface area contributed by atoms with Gasteiger partial charge in [-0.25, -0.2) is 4.39 Å². The van der Waals surface area contributed by atoms with Gasteiger partial charge in [-0.15, -0.1) is 0 Å². The third-order valence-corrected chi connectivity index (χ3v) is 4.63. The van der Waals surface area contributed by atoms with Crippen molar-refractivity contribution in [3.63, 3.8) is 0 Å². The molecule has 0 aromatic heterocycles. The number of para-hydroxylation sites is 1.